The minimum Gasteiger partial charge on any atom is -0.378 e. The highest BCUT2D eigenvalue weighted by atomic mass is 32.1. The second kappa shape index (κ2) is 5.69. The third-order valence-electron chi connectivity index (χ3n) is 3.65. The number of anilines is 1. The molecular formula is C16H17N3OS. The van der Waals surface area contributed by atoms with Crippen LogP contribution in [0.15, 0.2) is 46.9 Å². The highest BCUT2D eigenvalue weighted by Crippen LogP contribution is 2.33. The molecule has 21 heavy (non-hydrogen) atoms. The van der Waals surface area contributed by atoms with E-state index in [9.17, 15) is 4.79 Å². The molecule has 1 aliphatic heterocycles. The molecule has 0 aliphatic carbocycles. The topological polar surface area (TPSA) is 35.9 Å². The molecule has 1 unspecified atom stereocenters. The van der Waals surface area contributed by atoms with Gasteiger partial charge in [-0.15, -0.1) is 11.3 Å². The Morgan fingerprint density at radius 1 is 1.29 bits per heavy atom. The van der Waals surface area contributed by atoms with Crippen LogP contribution in [0.5, 0.6) is 0 Å². The summed E-state index contributed by atoms with van der Waals surface area (Å²) in [6.45, 7) is 0. The third kappa shape index (κ3) is 2.69. The Morgan fingerprint density at radius 3 is 2.62 bits per heavy atom. The van der Waals surface area contributed by atoms with Gasteiger partial charge in [0, 0.05) is 26.2 Å². The van der Waals surface area contributed by atoms with Crippen molar-refractivity contribution in [1.29, 1.82) is 0 Å². The molecule has 1 aromatic heterocycles. The average Bonchev–Trinajstić information content (AvgIpc) is 3.16. The van der Waals surface area contributed by atoms with Crippen LogP contribution in [-0.2, 0) is 4.79 Å². The first-order valence-corrected chi connectivity index (χ1v) is 7.69. The van der Waals surface area contributed by atoms with Crippen molar-refractivity contribution < 1.29 is 4.79 Å². The molecule has 0 bridgehead atoms. The fraction of sp³-hybridized carbons (Fsp3) is 0.250. The maximum atomic E-state index is 11.3. The van der Waals surface area contributed by atoms with Gasteiger partial charge >= 0.3 is 0 Å². The number of hydrogen-bond acceptors (Lipinski definition) is 4. The van der Waals surface area contributed by atoms with Crippen LogP contribution in [0.3, 0.4) is 0 Å². The molecule has 0 saturated carbocycles. The molecule has 4 nitrogen and oxygen atoms in total. The molecule has 2 heterocycles. The Bertz CT molecular complexity index is 647. The van der Waals surface area contributed by atoms with Crippen molar-refractivity contribution in [2.45, 2.75) is 12.5 Å². The van der Waals surface area contributed by atoms with Crippen LogP contribution in [-0.4, -0.2) is 31.2 Å². The standard InChI is InChI=1S/C16H17N3OS/c1-18(2)13-7-5-12(6-8-13)15-10-14(17-19(15)11-20)16-4-3-9-21-16/h3-9,11,15H,10H2,1-2H3. The Kier molecular flexibility index (Phi) is 3.75. The fourth-order valence-electron chi connectivity index (χ4n) is 2.48. The van der Waals surface area contributed by atoms with Crippen molar-refractivity contribution in [3.63, 3.8) is 0 Å². The Labute approximate surface area is 128 Å². The van der Waals surface area contributed by atoms with Crippen molar-refractivity contribution in [2.75, 3.05) is 19.0 Å². The zero-order valence-corrected chi connectivity index (χ0v) is 12.9. The maximum Gasteiger partial charge on any atom is 0.230 e. The van der Waals surface area contributed by atoms with Gasteiger partial charge < -0.3 is 4.90 Å². The summed E-state index contributed by atoms with van der Waals surface area (Å²) in [7, 11) is 4.03. The molecule has 0 radical (unpaired) electrons. The SMILES string of the molecule is CN(C)c1ccc(C2CC(c3cccs3)=NN2C=O)cc1. The summed E-state index contributed by atoms with van der Waals surface area (Å²) in [6.07, 6.45) is 1.58. The second-order valence-corrected chi connectivity index (χ2v) is 6.16. The van der Waals surface area contributed by atoms with Crippen molar-refractivity contribution in [3.8, 4) is 0 Å². The summed E-state index contributed by atoms with van der Waals surface area (Å²) >= 11 is 1.66. The van der Waals surface area contributed by atoms with E-state index in [-0.39, 0.29) is 6.04 Å². The zero-order chi connectivity index (χ0) is 14.8. The summed E-state index contributed by atoms with van der Waals surface area (Å²) < 4.78 is 0. The van der Waals surface area contributed by atoms with E-state index >= 15 is 0 Å². The quantitative estimate of drug-likeness (QED) is 0.813. The van der Waals surface area contributed by atoms with Gasteiger partial charge in [0.25, 0.3) is 0 Å². The maximum absolute atomic E-state index is 11.3. The van der Waals surface area contributed by atoms with E-state index in [1.54, 1.807) is 11.3 Å². The molecule has 0 fully saturated rings. The number of rotatable bonds is 4. The van der Waals surface area contributed by atoms with Gasteiger partial charge in [-0.2, -0.15) is 5.10 Å². The highest BCUT2D eigenvalue weighted by Gasteiger charge is 2.28. The van der Waals surface area contributed by atoms with Gasteiger partial charge in [0.1, 0.15) is 0 Å². The summed E-state index contributed by atoms with van der Waals surface area (Å²) in [4.78, 5) is 14.5. The third-order valence-corrected chi connectivity index (χ3v) is 4.57. The lowest BCUT2D eigenvalue weighted by molar-refractivity contribution is -0.119. The Balaban J connectivity index is 1.84. The normalized spacial score (nSPS) is 17.7. The molecule has 1 atom stereocenters. The fourth-order valence-corrected chi connectivity index (χ4v) is 3.20. The predicted octanol–water partition coefficient (Wildman–Crippen LogP) is 3.12. The molecule has 3 rings (SSSR count). The summed E-state index contributed by atoms with van der Waals surface area (Å²) in [5.41, 5.74) is 3.25. The highest BCUT2D eigenvalue weighted by molar-refractivity contribution is 7.12. The largest absolute Gasteiger partial charge is 0.378 e. The van der Waals surface area contributed by atoms with E-state index in [0.29, 0.717) is 0 Å². The number of carbonyl (C=O) groups excluding carboxylic acids is 1. The Morgan fingerprint density at radius 2 is 2.05 bits per heavy atom. The van der Waals surface area contributed by atoms with E-state index in [1.165, 1.54) is 5.01 Å². The molecular weight excluding hydrogens is 282 g/mol. The number of amides is 1. The molecule has 5 heteroatoms. The lowest BCUT2D eigenvalue weighted by Gasteiger charge is -2.19. The van der Waals surface area contributed by atoms with Gasteiger partial charge in [0.2, 0.25) is 6.41 Å². The first-order chi connectivity index (χ1) is 10.2. The van der Waals surface area contributed by atoms with E-state index in [4.69, 9.17) is 0 Å². The molecule has 0 N–H and O–H groups in total. The number of thiophene rings is 1. The van der Waals surface area contributed by atoms with Crippen LogP contribution >= 0.6 is 11.3 Å². The van der Waals surface area contributed by atoms with Crippen LogP contribution < -0.4 is 4.90 Å². The number of hydrogen-bond donors (Lipinski definition) is 0. The van der Waals surface area contributed by atoms with Crippen molar-refractivity contribution in [1.82, 2.24) is 5.01 Å². The van der Waals surface area contributed by atoms with Crippen molar-refractivity contribution in [3.05, 3.63) is 52.2 Å². The molecule has 1 aliphatic rings. The number of nitrogens with zero attached hydrogens (tertiary/aromatic N) is 3. The van der Waals surface area contributed by atoms with Gasteiger partial charge in [0.05, 0.1) is 16.6 Å². The summed E-state index contributed by atoms with van der Waals surface area (Å²) in [5, 5.41) is 8.00. The molecule has 2 aromatic rings. The number of hydrazone groups is 1. The molecule has 1 amide bonds. The van der Waals surface area contributed by atoms with Gasteiger partial charge in [-0.05, 0) is 29.1 Å². The summed E-state index contributed by atoms with van der Waals surface area (Å²) in [5.74, 6) is 0. The summed E-state index contributed by atoms with van der Waals surface area (Å²) in [6, 6.07) is 12.3. The van der Waals surface area contributed by atoms with E-state index in [1.807, 2.05) is 31.6 Å². The average molecular weight is 299 g/mol. The smallest absolute Gasteiger partial charge is 0.230 e. The number of carbonyl (C=O) groups is 1. The zero-order valence-electron chi connectivity index (χ0n) is 12.1. The van der Waals surface area contributed by atoms with Crippen molar-refractivity contribution in [2.24, 2.45) is 5.10 Å². The molecule has 1 aromatic carbocycles. The first-order valence-electron chi connectivity index (χ1n) is 6.81. The van der Waals surface area contributed by atoms with Gasteiger partial charge in [0.15, 0.2) is 0 Å². The number of benzene rings is 1. The lowest BCUT2D eigenvalue weighted by atomic mass is 10.0. The molecule has 108 valence electrons. The lowest BCUT2D eigenvalue weighted by Crippen LogP contribution is -2.17. The van der Waals surface area contributed by atoms with Gasteiger partial charge in [-0.3, -0.25) is 4.79 Å². The van der Waals surface area contributed by atoms with Crippen molar-refractivity contribution >= 4 is 29.1 Å². The van der Waals surface area contributed by atoms with Gasteiger partial charge in [-0.25, -0.2) is 5.01 Å². The van der Waals surface area contributed by atoms with Crippen LogP contribution in [0, 0.1) is 0 Å². The monoisotopic (exact) mass is 299 g/mol. The molecule has 0 spiro atoms. The second-order valence-electron chi connectivity index (χ2n) is 5.22. The van der Waals surface area contributed by atoms with Gasteiger partial charge in [-0.1, -0.05) is 18.2 Å². The minimum atomic E-state index is -0.00388. The first kappa shape index (κ1) is 13.8. The minimum absolute atomic E-state index is 0.00388. The van der Waals surface area contributed by atoms with E-state index in [2.05, 4.69) is 34.3 Å². The van der Waals surface area contributed by atoms with Crippen LogP contribution in [0.4, 0.5) is 5.69 Å². The van der Waals surface area contributed by atoms with Crippen LogP contribution in [0.1, 0.15) is 22.9 Å². The Hall–Kier alpha value is -2.14. The molecule has 0 saturated heterocycles. The van der Waals surface area contributed by atoms with E-state index in [0.717, 1.165) is 34.7 Å². The predicted molar refractivity (Wildman–Crippen MR) is 86.9 cm³/mol. The van der Waals surface area contributed by atoms with Crippen LogP contribution in [0.2, 0.25) is 0 Å². The van der Waals surface area contributed by atoms with E-state index < -0.39 is 0 Å². The van der Waals surface area contributed by atoms with Crippen LogP contribution in [0.25, 0.3) is 0 Å².